The Bertz CT molecular complexity index is 130. The number of nitrogens with one attached hydrogen (secondary N) is 1. The molecular weight excluding hydrogens is 149 g/mol. The highest BCUT2D eigenvalue weighted by atomic mass is 16.5. The van der Waals surface area contributed by atoms with E-state index in [1.165, 1.54) is 13.9 Å². The maximum Gasteiger partial charge on any atom is 0.374 e. The molecule has 0 aromatic carbocycles. The summed E-state index contributed by atoms with van der Waals surface area (Å²) in [6, 6.07) is -0.847. The highest BCUT2D eigenvalue weighted by molar-refractivity contribution is 6.46. The van der Waals surface area contributed by atoms with Crippen molar-refractivity contribution in [3.8, 4) is 0 Å². The SMILES string of the molecule is COCC(NB(C)O)C(=O)O. The van der Waals surface area contributed by atoms with Crippen LogP contribution in [-0.2, 0) is 9.53 Å². The molecule has 0 saturated carbocycles. The van der Waals surface area contributed by atoms with E-state index in [2.05, 4.69) is 9.96 Å². The fourth-order valence-electron chi connectivity index (χ4n) is 0.649. The normalized spacial score (nSPS) is 12.6. The van der Waals surface area contributed by atoms with E-state index in [-0.39, 0.29) is 6.61 Å². The van der Waals surface area contributed by atoms with Crippen LogP contribution in [0.4, 0.5) is 0 Å². The molecule has 5 nitrogen and oxygen atoms in total. The Kier molecular flexibility index (Phi) is 4.84. The van der Waals surface area contributed by atoms with Crippen LogP contribution in [0.1, 0.15) is 0 Å². The third-order valence-corrected chi connectivity index (χ3v) is 1.07. The van der Waals surface area contributed by atoms with Gasteiger partial charge in [-0.15, -0.1) is 0 Å². The zero-order valence-electron chi connectivity index (χ0n) is 6.57. The van der Waals surface area contributed by atoms with Crippen LogP contribution in [0.5, 0.6) is 0 Å². The number of rotatable bonds is 5. The fourth-order valence-corrected chi connectivity index (χ4v) is 0.649. The monoisotopic (exact) mass is 161 g/mol. The van der Waals surface area contributed by atoms with E-state index in [0.717, 1.165) is 0 Å². The van der Waals surface area contributed by atoms with Crippen LogP contribution in [0.15, 0.2) is 0 Å². The van der Waals surface area contributed by atoms with Crippen LogP contribution in [0.25, 0.3) is 0 Å². The van der Waals surface area contributed by atoms with Gasteiger partial charge in [0.05, 0.1) is 6.61 Å². The van der Waals surface area contributed by atoms with Crippen molar-refractivity contribution in [1.29, 1.82) is 0 Å². The Morgan fingerprint density at radius 1 is 1.82 bits per heavy atom. The van der Waals surface area contributed by atoms with Gasteiger partial charge in [0.1, 0.15) is 6.04 Å². The van der Waals surface area contributed by atoms with Crippen molar-refractivity contribution in [3.63, 3.8) is 0 Å². The molecule has 6 heteroatoms. The Morgan fingerprint density at radius 3 is 2.64 bits per heavy atom. The van der Waals surface area contributed by atoms with Gasteiger partial charge in [-0.3, -0.25) is 4.79 Å². The van der Waals surface area contributed by atoms with Crippen molar-refractivity contribution < 1.29 is 19.7 Å². The summed E-state index contributed by atoms with van der Waals surface area (Å²) in [4.78, 5) is 10.4. The summed E-state index contributed by atoms with van der Waals surface area (Å²) in [6.07, 6.45) is 0. The number of aliphatic carboxylic acids is 1. The van der Waals surface area contributed by atoms with Gasteiger partial charge in [0.25, 0.3) is 0 Å². The standard InChI is InChI=1S/C5H12BNO4/c1-6(10)7-4(3-11-2)5(8)9/h4,7,10H,3H2,1-2H3,(H,8,9). The van der Waals surface area contributed by atoms with Crippen LogP contribution in [0, 0.1) is 0 Å². The average molecular weight is 161 g/mol. The molecule has 3 N–H and O–H groups in total. The molecule has 0 aliphatic heterocycles. The number of hydrogen-bond donors (Lipinski definition) is 3. The minimum atomic E-state index is -1.03. The molecule has 0 aliphatic carbocycles. The molecule has 0 radical (unpaired) electrons. The molecular formula is C5H12BNO4. The molecule has 11 heavy (non-hydrogen) atoms. The maximum absolute atomic E-state index is 10.4. The van der Waals surface area contributed by atoms with Crippen molar-refractivity contribution in [2.75, 3.05) is 13.7 Å². The van der Waals surface area contributed by atoms with Crippen molar-refractivity contribution in [2.45, 2.75) is 12.9 Å². The summed E-state index contributed by atoms with van der Waals surface area (Å²) in [6.45, 7) is 1.49. The molecule has 0 heterocycles. The van der Waals surface area contributed by atoms with Gasteiger partial charge >= 0.3 is 13.0 Å². The lowest BCUT2D eigenvalue weighted by molar-refractivity contribution is -0.140. The van der Waals surface area contributed by atoms with Gasteiger partial charge in [-0.1, -0.05) is 0 Å². The molecule has 0 rings (SSSR count). The molecule has 1 unspecified atom stereocenters. The van der Waals surface area contributed by atoms with Gasteiger partial charge in [-0.05, 0) is 6.82 Å². The maximum atomic E-state index is 10.4. The summed E-state index contributed by atoms with van der Waals surface area (Å²) >= 11 is 0. The Morgan fingerprint density at radius 2 is 2.36 bits per heavy atom. The number of hydrogen-bond acceptors (Lipinski definition) is 4. The van der Waals surface area contributed by atoms with E-state index in [4.69, 9.17) is 10.1 Å². The molecule has 0 spiro atoms. The molecule has 0 fully saturated rings. The van der Waals surface area contributed by atoms with E-state index < -0.39 is 19.1 Å². The van der Waals surface area contributed by atoms with Crippen LogP contribution in [0.3, 0.4) is 0 Å². The highest BCUT2D eigenvalue weighted by Crippen LogP contribution is 1.85. The second-order valence-corrected chi connectivity index (χ2v) is 2.19. The first-order valence-electron chi connectivity index (χ1n) is 3.23. The van der Waals surface area contributed by atoms with Crippen molar-refractivity contribution in [3.05, 3.63) is 0 Å². The zero-order valence-corrected chi connectivity index (χ0v) is 6.57. The third-order valence-electron chi connectivity index (χ3n) is 1.07. The highest BCUT2D eigenvalue weighted by Gasteiger charge is 2.19. The predicted molar refractivity (Wildman–Crippen MR) is 40.3 cm³/mol. The minimum absolute atomic E-state index is 0.0419. The number of carboxylic acid groups (broad SMARTS) is 1. The van der Waals surface area contributed by atoms with E-state index in [0.29, 0.717) is 0 Å². The number of carbonyl (C=O) groups is 1. The predicted octanol–water partition coefficient (Wildman–Crippen LogP) is -1.21. The van der Waals surface area contributed by atoms with Crippen LogP contribution < -0.4 is 5.23 Å². The summed E-state index contributed by atoms with van der Waals surface area (Å²) in [5.74, 6) is -1.03. The van der Waals surface area contributed by atoms with E-state index >= 15 is 0 Å². The van der Waals surface area contributed by atoms with Gasteiger partial charge in [-0.2, -0.15) is 0 Å². The van der Waals surface area contributed by atoms with Crippen LogP contribution >= 0.6 is 0 Å². The molecule has 0 aliphatic rings. The van der Waals surface area contributed by atoms with E-state index in [1.807, 2.05) is 0 Å². The van der Waals surface area contributed by atoms with Gasteiger partial charge < -0.3 is 20.1 Å². The first kappa shape index (κ1) is 10.4. The zero-order chi connectivity index (χ0) is 8.85. The second-order valence-electron chi connectivity index (χ2n) is 2.19. The van der Waals surface area contributed by atoms with Gasteiger partial charge in [0, 0.05) is 7.11 Å². The summed E-state index contributed by atoms with van der Waals surface area (Å²) in [5.41, 5.74) is 0. The molecule has 0 aromatic heterocycles. The molecule has 1 atom stereocenters. The first-order valence-corrected chi connectivity index (χ1v) is 3.23. The quantitative estimate of drug-likeness (QED) is 0.440. The average Bonchev–Trinajstić information content (AvgIpc) is 1.86. The molecule has 0 bridgehead atoms. The summed E-state index contributed by atoms with van der Waals surface area (Å²) < 4.78 is 4.61. The lowest BCUT2D eigenvalue weighted by Gasteiger charge is -2.12. The van der Waals surface area contributed by atoms with Gasteiger partial charge in [0.2, 0.25) is 0 Å². The largest absolute Gasteiger partial charge is 0.480 e. The molecule has 0 saturated heterocycles. The first-order chi connectivity index (χ1) is 5.07. The third kappa shape index (κ3) is 4.77. The van der Waals surface area contributed by atoms with Crippen LogP contribution in [0.2, 0.25) is 6.82 Å². The van der Waals surface area contributed by atoms with Crippen molar-refractivity contribution in [2.24, 2.45) is 0 Å². The topological polar surface area (TPSA) is 78.8 Å². The van der Waals surface area contributed by atoms with E-state index in [1.54, 1.807) is 0 Å². The Hall–Kier alpha value is -0.585. The number of methoxy groups -OCH3 is 1. The van der Waals surface area contributed by atoms with Crippen molar-refractivity contribution in [1.82, 2.24) is 5.23 Å². The summed E-state index contributed by atoms with van der Waals surface area (Å²) in [7, 11) is 0.561. The lowest BCUT2D eigenvalue weighted by atomic mass is 9.87. The second kappa shape index (κ2) is 5.12. The fraction of sp³-hybridized carbons (Fsp3) is 0.800. The van der Waals surface area contributed by atoms with Crippen molar-refractivity contribution >= 4 is 13.0 Å². The molecule has 0 aromatic rings. The lowest BCUT2D eigenvalue weighted by Crippen LogP contribution is -2.47. The molecule has 64 valence electrons. The van der Waals surface area contributed by atoms with Crippen LogP contribution in [-0.4, -0.2) is 42.9 Å². The Balaban J connectivity index is 3.79. The summed E-state index contributed by atoms with van der Waals surface area (Å²) in [5, 5.41) is 19.7. The Labute approximate surface area is 65.5 Å². The molecule has 0 amide bonds. The number of carboxylic acids is 1. The number of ether oxygens (including phenoxy) is 1. The minimum Gasteiger partial charge on any atom is -0.480 e. The van der Waals surface area contributed by atoms with Gasteiger partial charge in [-0.25, -0.2) is 0 Å². The van der Waals surface area contributed by atoms with E-state index in [9.17, 15) is 4.79 Å². The smallest absolute Gasteiger partial charge is 0.374 e. The van der Waals surface area contributed by atoms with Gasteiger partial charge in [0.15, 0.2) is 0 Å².